The van der Waals surface area contributed by atoms with Crippen molar-refractivity contribution in [1.29, 1.82) is 0 Å². The molecule has 0 aliphatic carbocycles. The molecule has 0 fully saturated rings. The summed E-state index contributed by atoms with van der Waals surface area (Å²) in [6.07, 6.45) is -3.80. The molecule has 1 heterocycles. The van der Waals surface area contributed by atoms with Crippen molar-refractivity contribution in [2.45, 2.75) is 26.2 Å². The highest BCUT2D eigenvalue weighted by molar-refractivity contribution is 5.49. The van der Waals surface area contributed by atoms with Crippen molar-refractivity contribution in [2.75, 3.05) is 18.9 Å². The molecule has 0 unspecified atom stereocenters. The zero-order valence-electron chi connectivity index (χ0n) is 11.1. The molecule has 0 aromatic carbocycles. The molecule has 0 radical (unpaired) electrons. The molecule has 0 aliphatic rings. The van der Waals surface area contributed by atoms with Crippen LogP contribution >= 0.6 is 0 Å². The highest BCUT2D eigenvalue weighted by Gasteiger charge is 2.41. The van der Waals surface area contributed by atoms with Crippen molar-refractivity contribution >= 4 is 5.69 Å². The Morgan fingerprint density at radius 3 is 2.45 bits per heavy atom. The second-order valence-electron chi connectivity index (χ2n) is 4.60. The second-order valence-corrected chi connectivity index (χ2v) is 4.60. The molecule has 1 rings (SSSR count). The number of pyridine rings is 1. The molecule has 0 spiro atoms. The van der Waals surface area contributed by atoms with Crippen LogP contribution in [0.3, 0.4) is 0 Å². The van der Waals surface area contributed by atoms with Gasteiger partial charge in [0.1, 0.15) is 0 Å². The van der Waals surface area contributed by atoms with Gasteiger partial charge in [-0.3, -0.25) is 0 Å². The number of rotatable bonds is 7. The Kier molecular flexibility index (Phi) is 5.41. The van der Waals surface area contributed by atoms with Crippen LogP contribution in [-0.2, 0) is 0 Å². The van der Waals surface area contributed by atoms with E-state index in [0.29, 0.717) is 6.61 Å². The maximum atomic E-state index is 12.7. The second kappa shape index (κ2) is 6.62. The molecule has 2 N–H and O–H groups in total. The molecule has 0 saturated heterocycles. The monoisotopic (exact) mass is 296 g/mol. The molecule has 0 amide bonds. The summed E-state index contributed by atoms with van der Waals surface area (Å²) in [4.78, 5) is 3.76. The molecule has 0 bridgehead atoms. The minimum atomic E-state index is -4.23. The van der Waals surface area contributed by atoms with Gasteiger partial charge in [0.2, 0.25) is 11.8 Å². The van der Waals surface area contributed by atoms with E-state index in [4.69, 9.17) is 10.5 Å². The van der Waals surface area contributed by atoms with Crippen LogP contribution in [0.15, 0.2) is 12.1 Å². The molecular weight excluding hydrogens is 280 g/mol. The van der Waals surface area contributed by atoms with E-state index < -0.39 is 19.0 Å². The quantitative estimate of drug-likeness (QED) is 0.786. The fraction of sp³-hybridized carbons (Fsp3) is 0.583. The van der Waals surface area contributed by atoms with Crippen molar-refractivity contribution in [3.63, 3.8) is 0 Å². The van der Waals surface area contributed by atoms with Crippen LogP contribution in [0, 0.1) is 5.92 Å². The van der Waals surface area contributed by atoms with E-state index in [2.05, 4.69) is 9.72 Å². The molecule has 0 saturated carbocycles. The SMILES string of the molecule is CC(C)COc1nc(OCC(F)(F)C(F)F)ccc1N. The van der Waals surface area contributed by atoms with Gasteiger partial charge in [-0.15, -0.1) is 0 Å². The Morgan fingerprint density at radius 1 is 1.25 bits per heavy atom. The number of hydrogen-bond acceptors (Lipinski definition) is 4. The Balaban J connectivity index is 2.70. The minimum Gasteiger partial charge on any atom is -0.476 e. The first kappa shape index (κ1) is 16.3. The molecule has 114 valence electrons. The summed E-state index contributed by atoms with van der Waals surface area (Å²) in [7, 11) is 0. The van der Waals surface area contributed by atoms with E-state index in [-0.39, 0.29) is 23.4 Å². The van der Waals surface area contributed by atoms with Crippen molar-refractivity contribution in [1.82, 2.24) is 4.98 Å². The predicted octanol–water partition coefficient (Wildman–Crippen LogP) is 2.98. The number of alkyl halides is 4. The lowest BCUT2D eigenvalue weighted by atomic mass is 10.2. The van der Waals surface area contributed by atoms with Crippen LogP contribution in [0.5, 0.6) is 11.8 Å². The zero-order valence-corrected chi connectivity index (χ0v) is 11.1. The van der Waals surface area contributed by atoms with Gasteiger partial charge in [-0.05, 0) is 12.0 Å². The fourth-order valence-corrected chi connectivity index (χ4v) is 1.11. The number of hydrogen-bond donors (Lipinski definition) is 1. The molecule has 1 aromatic rings. The number of anilines is 1. The summed E-state index contributed by atoms with van der Waals surface area (Å²) in [5.74, 6) is -4.25. The minimum absolute atomic E-state index is 0.0246. The van der Waals surface area contributed by atoms with E-state index in [1.807, 2.05) is 13.8 Å². The van der Waals surface area contributed by atoms with Gasteiger partial charge < -0.3 is 15.2 Å². The third-order valence-electron chi connectivity index (χ3n) is 2.15. The molecule has 20 heavy (non-hydrogen) atoms. The van der Waals surface area contributed by atoms with E-state index in [1.165, 1.54) is 12.1 Å². The highest BCUT2D eigenvalue weighted by atomic mass is 19.3. The molecule has 0 aliphatic heterocycles. The zero-order chi connectivity index (χ0) is 15.3. The van der Waals surface area contributed by atoms with Crippen LogP contribution in [-0.4, -0.2) is 30.5 Å². The molecule has 4 nitrogen and oxygen atoms in total. The summed E-state index contributed by atoms with van der Waals surface area (Å²) >= 11 is 0. The van der Waals surface area contributed by atoms with Gasteiger partial charge in [0, 0.05) is 6.07 Å². The van der Waals surface area contributed by atoms with Gasteiger partial charge in [-0.2, -0.15) is 13.8 Å². The van der Waals surface area contributed by atoms with Gasteiger partial charge in [0.25, 0.3) is 0 Å². The smallest absolute Gasteiger partial charge is 0.340 e. The highest BCUT2D eigenvalue weighted by Crippen LogP contribution is 2.26. The summed E-state index contributed by atoms with van der Waals surface area (Å²) < 4.78 is 59.2. The van der Waals surface area contributed by atoms with Crippen molar-refractivity contribution in [3.05, 3.63) is 12.1 Å². The first-order valence-corrected chi connectivity index (χ1v) is 5.90. The third kappa shape index (κ3) is 4.75. The van der Waals surface area contributed by atoms with Crippen LogP contribution in [0.1, 0.15) is 13.8 Å². The Bertz CT molecular complexity index is 441. The van der Waals surface area contributed by atoms with Crippen molar-refractivity contribution < 1.29 is 27.0 Å². The average Bonchev–Trinajstić information content (AvgIpc) is 2.36. The lowest BCUT2D eigenvalue weighted by Gasteiger charge is -2.16. The van der Waals surface area contributed by atoms with Crippen molar-refractivity contribution in [2.24, 2.45) is 5.92 Å². The number of ether oxygens (including phenoxy) is 2. The van der Waals surface area contributed by atoms with E-state index in [0.717, 1.165) is 0 Å². The Labute approximate surface area is 113 Å². The van der Waals surface area contributed by atoms with Crippen LogP contribution in [0.4, 0.5) is 23.2 Å². The normalized spacial score (nSPS) is 12.0. The van der Waals surface area contributed by atoms with Gasteiger partial charge >= 0.3 is 12.3 Å². The molecular formula is C12H16F4N2O2. The standard InChI is InChI=1S/C12H16F4N2O2/c1-7(2)5-19-10-8(17)3-4-9(18-10)20-6-12(15,16)11(13)14/h3-4,7,11H,5-6,17H2,1-2H3. The van der Waals surface area contributed by atoms with Crippen LogP contribution in [0.2, 0.25) is 0 Å². The first-order valence-electron chi connectivity index (χ1n) is 5.90. The maximum absolute atomic E-state index is 12.7. The number of nitrogen functional groups attached to an aromatic ring is 1. The summed E-state index contributed by atoms with van der Waals surface area (Å²) in [5, 5.41) is 0. The number of halogens is 4. The predicted molar refractivity (Wildman–Crippen MR) is 65.4 cm³/mol. The topological polar surface area (TPSA) is 57.4 Å². The van der Waals surface area contributed by atoms with Crippen molar-refractivity contribution in [3.8, 4) is 11.8 Å². The van der Waals surface area contributed by atoms with Gasteiger partial charge in [0.15, 0.2) is 6.61 Å². The Morgan fingerprint density at radius 2 is 1.90 bits per heavy atom. The first-order chi connectivity index (χ1) is 9.22. The van der Waals surface area contributed by atoms with E-state index in [1.54, 1.807) is 0 Å². The summed E-state index contributed by atoms with van der Waals surface area (Å²) in [6.45, 7) is 2.67. The maximum Gasteiger partial charge on any atom is 0.340 e. The lowest BCUT2D eigenvalue weighted by Crippen LogP contribution is -2.33. The molecule has 1 aromatic heterocycles. The van der Waals surface area contributed by atoms with Gasteiger partial charge in [0.05, 0.1) is 12.3 Å². The molecule has 0 atom stereocenters. The largest absolute Gasteiger partial charge is 0.476 e. The van der Waals surface area contributed by atoms with E-state index in [9.17, 15) is 17.6 Å². The number of aromatic nitrogens is 1. The molecule has 8 heteroatoms. The fourth-order valence-electron chi connectivity index (χ4n) is 1.11. The third-order valence-corrected chi connectivity index (χ3v) is 2.15. The van der Waals surface area contributed by atoms with Crippen LogP contribution < -0.4 is 15.2 Å². The Hall–Kier alpha value is -1.73. The number of nitrogens with zero attached hydrogens (tertiary/aromatic N) is 1. The lowest BCUT2D eigenvalue weighted by molar-refractivity contribution is -0.148. The van der Waals surface area contributed by atoms with Gasteiger partial charge in [-0.1, -0.05) is 13.8 Å². The van der Waals surface area contributed by atoms with Gasteiger partial charge in [-0.25, -0.2) is 8.78 Å². The average molecular weight is 296 g/mol. The van der Waals surface area contributed by atoms with Crippen LogP contribution in [0.25, 0.3) is 0 Å². The number of nitrogens with two attached hydrogens (primary N) is 1. The summed E-state index contributed by atoms with van der Waals surface area (Å²) in [5.41, 5.74) is 5.80. The van der Waals surface area contributed by atoms with E-state index >= 15 is 0 Å². The summed E-state index contributed by atoms with van der Waals surface area (Å²) in [6, 6.07) is 2.55.